The SMILES string of the molecule is CCOC(=O)/N=C(\N)SCC. The van der Waals surface area contributed by atoms with E-state index in [1.165, 1.54) is 11.8 Å². The van der Waals surface area contributed by atoms with Crippen LogP contribution in [-0.4, -0.2) is 23.6 Å². The highest BCUT2D eigenvalue weighted by Crippen LogP contribution is 1.98. The fourth-order valence-corrected chi connectivity index (χ4v) is 0.861. The van der Waals surface area contributed by atoms with Gasteiger partial charge >= 0.3 is 6.09 Å². The Morgan fingerprint density at radius 2 is 2.27 bits per heavy atom. The fourth-order valence-electron chi connectivity index (χ4n) is 0.426. The second-order valence-electron chi connectivity index (χ2n) is 1.58. The van der Waals surface area contributed by atoms with E-state index in [1.54, 1.807) is 6.92 Å². The first-order valence-corrected chi connectivity index (χ1v) is 4.33. The first-order valence-electron chi connectivity index (χ1n) is 3.34. The number of nitrogens with zero attached hydrogens (tertiary/aromatic N) is 1. The minimum atomic E-state index is -0.619. The highest BCUT2D eigenvalue weighted by atomic mass is 32.2. The van der Waals surface area contributed by atoms with Crippen molar-refractivity contribution >= 4 is 23.0 Å². The van der Waals surface area contributed by atoms with E-state index in [-0.39, 0.29) is 5.17 Å². The molecule has 1 amide bonds. The number of carbonyl (C=O) groups excluding carboxylic acids is 1. The van der Waals surface area contributed by atoms with E-state index in [4.69, 9.17) is 5.73 Å². The number of amides is 1. The number of carbonyl (C=O) groups is 1. The van der Waals surface area contributed by atoms with Gasteiger partial charge in [0.05, 0.1) is 6.61 Å². The van der Waals surface area contributed by atoms with Crippen LogP contribution in [0.3, 0.4) is 0 Å². The van der Waals surface area contributed by atoms with Crippen molar-refractivity contribution in [1.29, 1.82) is 0 Å². The normalized spacial score (nSPS) is 11.3. The Balaban J connectivity index is 3.76. The molecular formula is C6H12N2O2S. The number of ether oxygens (including phenoxy) is 1. The van der Waals surface area contributed by atoms with Gasteiger partial charge in [-0.2, -0.15) is 4.99 Å². The Kier molecular flexibility index (Phi) is 5.64. The average Bonchev–Trinajstić information content (AvgIpc) is 1.87. The summed E-state index contributed by atoms with van der Waals surface area (Å²) in [7, 11) is 0. The zero-order valence-electron chi connectivity index (χ0n) is 6.66. The van der Waals surface area contributed by atoms with Gasteiger partial charge in [-0.3, -0.25) is 0 Å². The van der Waals surface area contributed by atoms with Gasteiger partial charge < -0.3 is 10.5 Å². The molecule has 64 valence electrons. The second-order valence-corrected chi connectivity index (χ2v) is 2.87. The van der Waals surface area contributed by atoms with Gasteiger partial charge in [-0.05, 0) is 12.7 Å². The largest absolute Gasteiger partial charge is 0.448 e. The topological polar surface area (TPSA) is 64.7 Å². The lowest BCUT2D eigenvalue weighted by molar-refractivity contribution is 0.163. The molecule has 0 aliphatic carbocycles. The van der Waals surface area contributed by atoms with Crippen molar-refractivity contribution in [2.24, 2.45) is 10.7 Å². The summed E-state index contributed by atoms with van der Waals surface area (Å²) in [5.41, 5.74) is 5.33. The molecule has 0 aliphatic heterocycles. The lowest BCUT2D eigenvalue weighted by atomic mass is 10.9. The van der Waals surface area contributed by atoms with E-state index >= 15 is 0 Å². The zero-order chi connectivity index (χ0) is 8.69. The molecule has 0 spiro atoms. The number of hydrogen-bond acceptors (Lipinski definition) is 3. The van der Waals surface area contributed by atoms with E-state index in [9.17, 15) is 4.79 Å². The van der Waals surface area contributed by atoms with Crippen molar-refractivity contribution in [3.8, 4) is 0 Å². The molecule has 0 bridgehead atoms. The highest BCUT2D eigenvalue weighted by molar-refractivity contribution is 8.13. The molecule has 4 nitrogen and oxygen atoms in total. The van der Waals surface area contributed by atoms with Gasteiger partial charge in [-0.25, -0.2) is 4.79 Å². The number of amidine groups is 1. The molecule has 5 heteroatoms. The summed E-state index contributed by atoms with van der Waals surface area (Å²) in [4.78, 5) is 14.1. The predicted octanol–water partition coefficient (Wildman–Crippen LogP) is 1.21. The molecule has 11 heavy (non-hydrogen) atoms. The fraction of sp³-hybridized carbons (Fsp3) is 0.667. The summed E-state index contributed by atoms with van der Waals surface area (Å²) in [6.45, 7) is 3.97. The lowest BCUT2D eigenvalue weighted by Gasteiger charge is -1.96. The molecule has 0 radical (unpaired) electrons. The maximum absolute atomic E-state index is 10.6. The minimum absolute atomic E-state index is 0.256. The lowest BCUT2D eigenvalue weighted by Crippen LogP contribution is -2.11. The molecule has 2 N–H and O–H groups in total. The van der Waals surface area contributed by atoms with Gasteiger partial charge in [-0.1, -0.05) is 18.7 Å². The summed E-state index contributed by atoms with van der Waals surface area (Å²) >= 11 is 1.31. The maximum Gasteiger partial charge on any atom is 0.435 e. The van der Waals surface area contributed by atoms with Crippen LogP contribution in [0.5, 0.6) is 0 Å². The van der Waals surface area contributed by atoms with E-state index in [0.29, 0.717) is 6.61 Å². The van der Waals surface area contributed by atoms with Crippen molar-refractivity contribution in [3.63, 3.8) is 0 Å². The number of hydrogen-bond donors (Lipinski definition) is 1. The van der Waals surface area contributed by atoms with E-state index < -0.39 is 6.09 Å². The van der Waals surface area contributed by atoms with Crippen LogP contribution < -0.4 is 5.73 Å². The average molecular weight is 176 g/mol. The molecule has 0 fully saturated rings. The predicted molar refractivity (Wildman–Crippen MR) is 46.8 cm³/mol. The van der Waals surface area contributed by atoms with Crippen molar-refractivity contribution < 1.29 is 9.53 Å². The van der Waals surface area contributed by atoms with Crippen LogP contribution in [0, 0.1) is 0 Å². The molecule has 0 unspecified atom stereocenters. The van der Waals surface area contributed by atoms with E-state index in [1.807, 2.05) is 6.92 Å². The third-order valence-corrected chi connectivity index (χ3v) is 1.44. The Morgan fingerprint density at radius 3 is 2.73 bits per heavy atom. The molecule has 0 saturated heterocycles. The molecule has 0 heterocycles. The van der Waals surface area contributed by atoms with Crippen molar-refractivity contribution in [2.45, 2.75) is 13.8 Å². The summed E-state index contributed by atoms with van der Waals surface area (Å²) in [5.74, 6) is 0.800. The van der Waals surface area contributed by atoms with Crippen LogP contribution >= 0.6 is 11.8 Å². The molecule has 0 saturated carbocycles. The van der Waals surface area contributed by atoms with Crippen LogP contribution in [0.15, 0.2) is 4.99 Å². The smallest absolute Gasteiger partial charge is 0.435 e. The van der Waals surface area contributed by atoms with Crippen LogP contribution in [0.25, 0.3) is 0 Å². The number of aliphatic imine (C=N–C) groups is 1. The van der Waals surface area contributed by atoms with Gasteiger partial charge in [0.25, 0.3) is 0 Å². The molecule has 0 aliphatic rings. The highest BCUT2D eigenvalue weighted by Gasteiger charge is 1.98. The Labute approximate surface area is 70.2 Å². The van der Waals surface area contributed by atoms with Crippen LogP contribution in [0.4, 0.5) is 4.79 Å². The Bertz CT molecular complexity index is 159. The summed E-state index contributed by atoms with van der Waals surface area (Å²) in [6.07, 6.45) is -0.619. The minimum Gasteiger partial charge on any atom is -0.448 e. The maximum atomic E-state index is 10.6. The van der Waals surface area contributed by atoms with Crippen molar-refractivity contribution in [1.82, 2.24) is 0 Å². The van der Waals surface area contributed by atoms with E-state index in [0.717, 1.165) is 5.75 Å². The van der Waals surface area contributed by atoms with Gasteiger partial charge in [0.15, 0.2) is 5.17 Å². The van der Waals surface area contributed by atoms with Crippen LogP contribution in [0.1, 0.15) is 13.8 Å². The quantitative estimate of drug-likeness (QED) is 0.507. The monoisotopic (exact) mass is 176 g/mol. The summed E-state index contributed by atoms with van der Waals surface area (Å²) < 4.78 is 4.54. The van der Waals surface area contributed by atoms with Gasteiger partial charge in [0.1, 0.15) is 0 Å². The van der Waals surface area contributed by atoms with Gasteiger partial charge in [0, 0.05) is 0 Å². The summed E-state index contributed by atoms with van der Waals surface area (Å²) in [6, 6.07) is 0. The standard InChI is InChI=1S/C6H12N2O2S/c1-3-10-6(9)8-5(7)11-4-2/h3-4H2,1-2H3,(H2,7,8,9). The first kappa shape index (κ1) is 10.3. The number of rotatable bonds is 2. The van der Waals surface area contributed by atoms with Gasteiger partial charge in [-0.15, -0.1) is 0 Å². The third kappa shape index (κ3) is 5.72. The zero-order valence-corrected chi connectivity index (χ0v) is 7.48. The first-order chi connectivity index (χ1) is 5.20. The molecule has 0 aromatic heterocycles. The van der Waals surface area contributed by atoms with Crippen LogP contribution in [0.2, 0.25) is 0 Å². The number of nitrogens with two attached hydrogens (primary N) is 1. The molecule has 0 atom stereocenters. The molecule has 0 aromatic rings. The molecule has 0 rings (SSSR count). The van der Waals surface area contributed by atoms with Gasteiger partial charge in [0.2, 0.25) is 0 Å². The Hall–Kier alpha value is -0.710. The molecule has 0 aromatic carbocycles. The third-order valence-electron chi connectivity index (χ3n) is 0.762. The second kappa shape index (κ2) is 6.03. The van der Waals surface area contributed by atoms with Crippen molar-refractivity contribution in [2.75, 3.05) is 12.4 Å². The molecular weight excluding hydrogens is 164 g/mol. The number of thioether (sulfide) groups is 1. The Morgan fingerprint density at radius 1 is 1.64 bits per heavy atom. The summed E-state index contributed by atoms with van der Waals surface area (Å²) in [5, 5.41) is 0.256. The van der Waals surface area contributed by atoms with Crippen LogP contribution in [-0.2, 0) is 4.74 Å². The van der Waals surface area contributed by atoms with E-state index in [2.05, 4.69) is 9.73 Å². The van der Waals surface area contributed by atoms with Crippen molar-refractivity contribution in [3.05, 3.63) is 0 Å².